The van der Waals surface area contributed by atoms with Crippen molar-refractivity contribution in [3.05, 3.63) is 35.4 Å². The molecule has 0 aliphatic carbocycles. The highest BCUT2D eigenvalue weighted by atomic mass is 19.4. The molecule has 1 heterocycles. The van der Waals surface area contributed by atoms with Gasteiger partial charge in [0.25, 0.3) is 0 Å². The maximum atomic E-state index is 13.2. The van der Waals surface area contributed by atoms with E-state index < -0.39 is 23.6 Å². The van der Waals surface area contributed by atoms with Gasteiger partial charge in [-0.1, -0.05) is 32.0 Å². The van der Waals surface area contributed by atoms with Crippen molar-refractivity contribution in [2.24, 2.45) is 11.8 Å². The van der Waals surface area contributed by atoms with Gasteiger partial charge in [-0.2, -0.15) is 13.2 Å². The Balaban J connectivity index is 2.37. The predicted molar refractivity (Wildman–Crippen MR) is 102 cm³/mol. The van der Waals surface area contributed by atoms with E-state index in [0.29, 0.717) is 12.0 Å². The molecule has 2 atom stereocenters. The zero-order chi connectivity index (χ0) is 21.2. The molecule has 1 fully saturated rings. The summed E-state index contributed by atoms with van der Waals surface area (Å²) in [4.78, 5) is 28.8. The number of hydrogen-bond donors (Lipinski definition) is 0. The van der Waals surface area contributed by atoms with E-state index in [1.165, 1.54) is 6.07 Å². The number of benzene rings is 1. The lowest BCUT2D eigenvalue weighted by molar-refractivity contribution is -0.138. The molecule has 2 amide bonds. The van der Waals surface area contributed by atoms with Crippen molar-refractivity contribution in [2.75, 3.05) is 20.1 Å². The standard InChI is InChI=1S/C21H29F3N2O2/c1-13(2)9-19(27)26-11-17(18(12-26)20(28)25(5)14(3)4)15-7-6-8-16(10-15)21(22,23)24/h6-8,10,13-14,17-18H,9,11-12H2,1-5H3. The molecule has 1 aliphatic rings. The SMILES string of the molecule is CC(C)CC(=O)N1CC(C(=O)N(C)C(C)C)C(c2cccc(C(F)(F)F)c2)C1. The van der Waals surface area contributed by atoms with Crippen LogP contribution in [-0.2, 0) is 15.8 Å². The number of hydrogen-bond acceptors (Lipinski definition) is 2. The molecule has 0 saturated carbocycles. The monoisotopic (exact) mass is 398 g/mol. The highest BCUT2D eigenvalue weighted by Gasteiger charge is 2.42. The molecule has 2 rings (SSSR count). The summed E-state index contributed by atoms with van der Waals surface area (Å²) in [6.07, 6.45) is -4.09. The first kappa shape index (κ1) is 22.2. The van der Waals surface area contributed by atoms with E-state index >= 15 is 0 Å². The maximum absolute atomic E-state index is 13.2. The summed E-state index contributed by atoms with van der Waals surface area (Å²) in [6, 6.07) is 5.08. The molecule has 0 radical (unpaired) electrons. The number of carbonyl (C=O) groups excluding carboxylic acids is 2. The molecule has 1 saturated heterocycles. The van der Waals surface area contributed by atoms with E-state index in [1.807, 2.05) is 27.7 Å². The van der Waals surface area contributed by atoms with Gasteiger partial charge < -0.3 is 9.80 Å². The first-order chi connectivity index (χ1) is 12.9. The van der Waals surface area contributed by atoms with Crippen molar-refractivity contribution in [3.63, 3.8) is 0 Å². The largest absolute Gasteiger partial charge is 0.416 e. The van der Waals surface area contributed by atoms with Crippen LogP contribution in [0.2, 0.25) is 0 Å². The Labute approximate surface area is 164 Å². The van der Waals surface area contributed by atoms with Gasteiger partial charge in [-0.05, 0) is 31.4 Å². The van der Waals surface area contributed by atoms with Crippen molar-refractivity contribution in [1.82, 2.24) is 9.80 Å². The van der Waals surface area contributed by atoms with Crippen molar-refractivity contribution in [3.8, 4) is 0 Å². The van der Waals surface area contributed by atoms with Crippen LogP contribution in [0.1, 0.15) is 51.2 Å². The van der Waals surface area contributed by atoms with Crippen molar-refractivity contribution < 1.29 is 22.8 Å². The highest BCUT2D eigenvalue weighted by molar-refractivity contribution is 5.83. The summed E-state index contributed by atoms with van der Waals surface area (Å²) in [5.41, 5.74) is -0.287. The molecule has 0 aromatic heterocycles. The summed E-state index contributed by atoms with van der Waals surface area (Å²) >= 11 is 0. The Bertz CT molecular complexity index is 716. The fourth-order valence-corrected chi connectivity index (χ4v) is 3.54. The van der Waals surface area contributed by atoms with Gasteiger partial charge >= 0.3 is 6.18 Å². The maximum Gasteiger partial charge on any atom is 0.416 e. The second-order valence-corrected chi connectivity index (χ2v) is 8.28. The Kier molecular flexibility index (Phi) is 6.78. The predicted octanol–water partition coefficient (Wildman–Crippen LogP) is 4.16. The van der Waals surface area contributed by atoms with Gasteiger partial charge in [0.05, 0.1) is 11.5 Å². The van der Waals surface area contributed by atoms with Crippen LogP contribution in [0.15, 0.2) is 24.3 Å². The van der Waals surface area contributed by atoms with Gasteiger partial charge in [0.1, 0.15) is 0 Å². The summed E-state index contributed by atoms with van der Waals surface area (Å²) in [7, 11) is 1.69. The molecule has 7 heteroatoms. The van der Waals surface area contributed by atoms with E-state index in [2.05, 4.69) is 0 Å². The topological polar surface area (TPSA) is 40.6 Å². The summed E-state index contributed by atoms with van der Waals surface area (Å²) in [5, 5.41) is 0. The molecular weight excluding hydrogens is 369 g/mol. The first-order valence-corrected chi connectivity index (χ1v) is 9.63. The Hall–Kier alpha value is -2.05. The van der Waals surface area contributed by atoms with Crippen LogP contribution < -0.4 is 0 Å². The van der Waals surface area contributed by atoms with E-state index in [9.17, 15) is 22.8 Å². The third-order valence-electron chi connectivity index (χ3n) is 5.34. The first-order valence-electron chi connectivity index (χ1n) is 9.63. The van der Waals surface area contributed by atoms with Crippen LogP contribution in [0.3, 0.4) is 0 Å². The molecule has 28 heavy (non-hydrogen) atoms. The van der Waals surface area contributed by atoms with Crippen molar-refractivity contribution in [1.29, 1.82) is 0 Å². The van der Waals surface area contributed by atoms with Crippen molar-refractivity contribution in [2.45, 2.75) is 52.3 Å². The molecule has 1 aromatic carbocycles. The normalized spacial score (nSPS) is 20.1. The molecule has 1 aliphatic heterocycles. The van der Waals surface area contributed by atoms with Gasteiger partial charge in [-0.3, -0.25) is 9.59 Å². The van der Waals surface area contributed by atoms with E-state index in [4.69, 9.17) is 0 Å². The average molecular weight is 398 g/mol. The Morgan fingerprint density at radius 3 is 2.36 bits per heavy atom. The Morgan fingerprint density at radius 1 is 1.18 bits per heavy atom. The van der Waals surface area contributed by atoms with E-state index in [1.54, 1.807) is 22.9 Å². The molecule has 2 unspecified atom stereocenters. The summed E-state index contributed by atoms with van der Waals surface area (Å²) < 4.78 is 39.5. The minimum Gasteiger partial charge on any atom is -0.343 e. The summed E-state index contributed by atoms with van der Waals surface area (Å²) in [6.45, 7) is 8.14. The lowest BCUT2D eigenvalue weighted by atomic mass is 9.87. The summed E-state index contributed by atoms with van der Waals surface area (Å²) in [5.74, 6) is -1.03. The minimum absolute atomic E-state index is 0.0323. The molecule has 156 valence electrons. The number of amides is 2. The fourth-order valence-electron chi connectivity index (χ4n) is 3.54. The third kappa shape index (κ3) is 5.06. The van der Waals surface area contributed by atoms with Gasteiger partial charge in [0.2, 0.25) is 11.8 Å². The molecule has 0 spiro atoms. The van der Waals surface area contributed by atoms with Crippen molar-refractivity contribution >= 4 is 11.8 Å². The number of alkyl halides is 3. The second-order valence-electron chi connectivity index (χ2n) is 8.28. The minimum atomic E-state index is -4.45. The van der Waals surface area contributed by atoms with Crippen LogP contribution in [-0.4, -0.2) is 47.8 Å². The smallest absolute Gasteiger partial charge is 0.343 e. The lowest BCUT2D eigenvalue weighted by Crippen LogP contribution is -2.40. The molecular formula is C21H29F3N2O2. The van der Waals surface area contributed by atoms with Crippen LogP contribution in [0, 0.1) is 11.8 Å². The van der Waals surface area contributed by atoms with E-state index in [-0.39, 0.29) is 36.9 Å². The Morgan fingerprint density at radius 2 is 1.82 bits per heavy atom. The fraction of sp³-hybridized carbons (Fsp3) is 0.619. The number of halogens is 3. The number of likely N-dealkylation sites (tertiary alicyclic amines) is 1. The van der Waals surface area contributed by atoms with Crippen LogP contribution in [0.5, 0.6) is 0 Å². The van der Waals surface area contributed by atoms with Gasteiger partial charge in [-0.25, -0.2) is 0 Å². The van der Waals surface area contributed by atoms with Crippen LogP contribution >= 0.6 is 0 Å². The van der Waals surface area contributed by atoms with Gasteiger partial charge in [0.15, 0.2) is 0 Å². The highest BCUT2D eigenvalue weighted by Crippen LogP contribution is 2.37. The van der Waals surface area contributed by atoms with E-state index in [0.717, 1.165) is 12.1 Å². The molecule has 0 bridgehead atoms. The number of rotatable bonds is 5. The van der Waals surface area contributed by atoms with Gasteiger partial charge in [-0.15, -0.1) is 0 Å². The molecule has 0 N–H and O–H groups in total. The third-order valence-corrected chi connectivity index (χ3v) is 5.34. The molecule has 4 nitrogen and oxygen atoms in total. The zero-order valence-corrected chi connectivity index (χ0v) is 17.1. The van der Waals surface area contributed by atoms with Gasteiger partial charge in [0, 0.05) is 38.5 Å². The lowest BCUT2D eigenvalue weighted by Gasteiger charge is -2.27. The number of carbonyl (C=O) groups is 2. The van der Waals surface area contributed by atoms with Crippen LogP contribution in [0.25, 0.3) is 0 Å². The quantitative estimate of drug-likeness (QED) is 0.747. The van der Waals surface area contributed by atoms with Crippen LogP contribution in [0.4, 0.5) is 13.2 Å². The zero-order valence-electron chi connectivity index (χ0n) is 17.1. The average Bonchev–Trinajstić information content (AvgIpc) is 3.04. The number of nitrogens with zero attached hydrogens (tertiary/aromatic N) is 2. The second kappa shape index (κ2) is 8.53. The molecule has 1 aromatic rings.